The molecule has 0 aliphatic carbocycles. The van der Waals surface area contributed by atoms with E-state index in [1.807, 2.05) is 52.3 Å². The van der Waals surface area contributed by atoms with E-state index in [0.29, 0.717) is 39.1 Å². The molecule has 2 saturated heterocycles. The normalized spacial score (nSPS) is 31.4. The maximum atomic E-state index is 14.0. The SMILES string of the molecule is CCCCN1CC=C[C@]23S[C@@H]4C=CCN(Cc5ccccc5)C(=O)[C@@H]4[C@H]2C(=O)N(CCCO)C3C1=O. The lowest BCUT2D eigenvalue weighted by Gasteiger charge is -2.35. The summed E-state index contributed by atoms with van der Waals surface area (Å²) in [6, 6.07) is 9.25. The summed E-state index contributed by atoms with van der Waals surface area (Å²) in [6.07, 6.45) is 10.5. The molecule has 1 unspecified atom stereocenters. The predicted octanol–water partition coefficient (Wildman–Crippen LogP) is 2.46. The number of benzene rings is 1. The lowest BCUT2D eigenvalue weighted by Crippen LogP contribution is -2.53. The molecule has 4 heterocycles. The van der Waals surface area contributed by atoms with Crippen LogP contribution in [0, 0.1) is 11.8 Å². The van der Waals surface area contributed by atoms with E-state index < -0.39 is 22.6 Å². The molecule has 8 heteroatoms. The van der Waals surface area contributed by atoms with Crippen LogP contribution in [0.25, 0.3) is 0 Å². The Balaban J connectivity index is 1.51. The van der Waals surface area contributed by atoms with Crippen molar-refractivity contribution >= 4 is 29.5 Å². The van der Waals surface area contributed by atoms with Crippen LogP contribution in [-0.4, -0.2) is 86.4 Å². The van der Waals surface area contributed by atoms with Gasteiger partial charge in [0.25, 0.3) is 0 Å². The summed E-state index contributed by atoms with van der Waals surface area (Å²) in [5.74, 6) is -1.31. The third-order valence-corrected chi connectivity index (χ3v) is 9.62. The summed E-state index contributed by atoms with van der Waals surface area (Å²) < 4.78 is -0.782. The van der Waals surface area contributed by atoms with Crippen LogP contribution in [0.2, 0.25) is 0 Å². The van der Waals surface area contributed by atoms with E-state index in [2.05, 4.69) is 19.1 Å². The zero-order valence-corrected chi connectivity index (χ0v) is 21.6. The number of hydrogen-bond donors (Lipinski definition) is 1. The van der Waals surface area contributed by atoms with E-state index in [0.717, 1.165) is 18.4 Å². The Kier molecular flexibility index (Phi) is 7.26. The Morgan fingerprint density at radius 2 is 1.75 bits per heavy atom. The first kappa shape index (κ1) is 25.1. The Labute approximate surface area is 217 Å². The van der Waals surface area contributed by atoms with Gasteiger partial charge in [-0.05, 0) is 18.4 Å². The van der Waals surface area contributed by atoms with Crippen molar-refractivity contribution in [2.24, 2.45) is 11.8 Å². The summed E-state index contributed by atoms with van der Waals surface area (Å²) >= 11 is 1.61. The molecule has 0 bridgehead atoms. The van der Waals surface area contributed by atoms with Crippen LogP contribution >= 0.6 is 11.8 Å². The van der Waals surface area contributed by atoms with Crippen molar-refractivity contribution in [1.29, 1.82) is 0 Å². The van der Waals surface area contributed by atoms with Crippen molar-refractivity contribution in [3.63, 3.8) is 0 Å². The van der Waals surface area contributed by atoms with Gasteiger partial charge in [-0.1, -0.05) is 68.0 Å². The van der Waals surface area contributed by atoms with Crippen LogP contribution in [0.15, 0.2) is 54.6 Å². The van der Waals surface area contributed by atoms with Gasteiger partial charge in [0.1, 0.15) is 6.04 Å². The molecule has 3 amide bonds. The number of unbranched alkanes of at least 4 members (excludes halogenated alkanes) is 1. The molecule has 1 aromatic carbocycles. The van der Waals surface area contributed by atoms with Crippen LogP contribution in [0.4, 0.5) is 0 Å². The quantitative estimate of drug-likeness (QED) is 0.545. The number of aliphatic hydroxyl groups excluding tert-OH is 1. The topological polar surface area (TPSA) is 81.2 Å². The molecule has 4 aliphatic heterocycles. The number of carbonyl (C=O) groups is 3. The van der Waals surface area contributed by atoms with Gasteiger partial charge in [-0.2, -0.15) is 0 Å². The van der Waals surface area contributed by atoms with Crippen LogP contribution in [-0.2, 0) is 20.9 Å². The van der Waals surface area contributed by atoms with Crippen molar-refractivity contribution in [3.8, 4) is 0 Å². The number of likely N-dealkylation sites (tertiary alicyclic amines) is 1. The molecular formula is C28H35N3O4S. The molecule has 36 heavy (non-hydrogen) atoms. The third kappa shape index (κ3) is 4.18. The van der Waals surface area contributed by atoms with Crippen LogP contribution in [0.3, 0.4) is 0 Å². The van der Waals surface area contributed by atoms with Crippen molar-refractivity contribution in [1.82, 2.24) is 14.7 Å². The molecule has 1 spiro atoms. The highest BCUT2D eigenvalue weighted by molar-refractivity contribution is 8.02. The van der Waals surface area contributed by atoms with Crippen LogP contribution in [0.5, 0.6) is 0 Å². The largest absolute Gasteiger partial charge is 0.396 e. The molecule has 2 fully saturated rings. The number of aliphatic hydroxyl groups is 1. The van der Waals surface area contributed by atoms with Gasteiger partial charge < -0.3 is 19.8 Å². The summed E-state index contributed by atoms with van der Waals surface area (Å²) in [7, 11) is 0. The molecule has 0 aromatic heterocycles. The highest BCUT2D eigenvalue weighted by Crippen LogP contribution is 2.61. The van der Waals surface area contributed by atoms with Gasteiger partial charge >= 0.3 is 0 Å². The summed E-state index contributed by atoms with van der Waals surface area (Å²) in [6.45, 7) is 4.53. The summed E-state index contributed by atoms with van der Waals surface area (Å²) in [4.78, 5) is 47.4. The number of thioether (sulfide) groups is 1. The second kappa shape index (κ2) is 10.4. The van der Waals surface area contributed by atoms with E-state index in [4.69, 9.17) is 0 Å². The van der Waals surface area contributed by atoms with Crippen molar-refractivity contribution in [2.45, 2.75) is 48.8 Å². The number of nitrogens with zero attached hydrogens (tertiary/aromatic N) is 3. The molecule has 1 aromatic rings. The molecule has 0 radical (unpaired) electrons. The first-order chi connectivity index (χ1) is 17.5. The van der Waals surface area contributed by atoms with Gasteiger partial charge in [0, 0.05) is 44.6 Å². The van der Waals surface area contributed by atoms with Crippen molar-refractivity contribution in [2.75, 3.05) is 32.8 Å². The Morgan fingerprint density at radius 3 is 2.50 bits per heavy atom. The van der Waals surface area contributed by atoms with Gasteiger partial charge in [-0.15, -0.1) is 11.8 Å². The fraction of sp³-hybridized carbons (Fsp3) is 0.536. The standard InChI is InChI=1S/C28H35N3O4S/c1-2-3-14-29-16-8-13-28-23(26(34)31(17-9-18-32)24(28)27(29)35)22-21(36-28)12-7-15-30(25(22)33)19-20-10-5-4-6-11-20/h4-8,10-13,21-24,32H,2-3,9,14-19H2,1H3/t21-,22+,23+,24?,28+/m1/s1. The van der Waals surface area contributed by atoms with E-state index in [9.17, 15) is 19.5 Å². The smallest absolute Gasteiger partial charge is 0.247 e. The van der Waals surface area contributed by atoms with E-state index >= 15 is 0 Å². The van der Waals surface area contributed by atoms with Crippen molar-refractivity contribution in [3.05, 3.63) is 60.2 Å². The minimum atomic E-state index is -0.782. The summed E-state index contributed by atoms with van der Waals surface area (Å²) in [5, 5.41) is 9.36. The first-order valence-electron chi connectivity index (χ1n) is 13.1. The Hall–Kier alpha value is -2.58. The second-order valence-electron chi connectivity index (χ2n) is 10.1. The molecule has 7 nitrogen and oxygen atoms in total. The minimum Gasteiger partial charge on any atom is -0.396 e. The molecule has 192 valence electrons. The van der Waals surface area contributed by atoms with Crippen LogP contribution in [0.1, 0.15) is 31.7 Å². The van der Waals surface area contributed by atoms with Gasteiger partial charge in [0.15, 0.2) is 0 Å². The van der Waals surface area contributed by atoms with E-state index in [1.165, 1.54) is 0 Å². The number of carbonyl (C=O) groups excluding carboxylic acids is 3. The molecule has 4 aliphatic rings. The molecular weight excluding hydrogens is 474 g/mol. The number of rotatable bonds is 8. The lowest BCUT2D eigenvalue weighted by atomic mass is 9.78. The average molecular weight is 510 g/mol. The fourth-order valence-corrected chi connectivity index (χ4v) is 8.22. The molecule has 0 saturated carbocycles. The van der Waals surface area contributed by atoms with E-state index in [-0.39, 0.29) is 29.6 Å². The number of hydrogen-bond acceptors (Lipinski definition) is 5. The zero-order valence-electron chi connectivity index (χ0n) is 20.8. The number of amides is 3. The third-order valence-electron chi connectivity index (χ3n) is 7.88. The highest BCUT2D eigenvalue weighted by Gasteiger charge is 2.70. The predicted molar refractivity (Wildman–Crippen MR) is 140 cm³/mol. The van der Waals surface area contributed by atoms with Crippen molar-refractivity contribution < 1.29 is 19.5 Å². The maximum absolute atomic E-state index is 14.0. The minimum absolute atomic E-state index is 0.0210. The maximum Gasteiger partial charge on any atom is 0.247 e. The fourth-order valence-electron chi connectivity index (χ4n) is 6.21. The van der Waals surface area contributed by atoms with Gasteiger partial charge in [-0.3, -0.25) is 14.4 Å². The molecule has 5 rings (SSSR count). The molecule has 5 atom stereocenters. The second-order valence-corrected chi connectivity index (χ2v) is 11.6. The zero-order chi connectivity index (χ0) is 25.3. The lowest BCUT2D eigenvalue weighted by molar-refractivity contribution is -0.144. The Morgan fingerprint density at radius 1 is 0.972 bits per heavy atom. The number of fused-ring (bicyclic) bond motifs is 2. The van der Waals surface area contributed by atoms with Gasteiger partial charge in [-0.25, -0.2) is 0 Å². The Bertz CT molecular complexity index is 1060. The van der Waals surface area contributed by atoms with Crippen LogP contribution < -0.4 is 0 Å². The molecule has 1 N–H and O–H groups in total. The first-order valence-corrected chi connectivity index (χ1v) is 13.9. The van der Waals surface area contributed by atoms with E-state index in [1.54, 1.807) is 16.7 Å². The van der Waals surface area contributed by atoms with Gasteiger partial charge in [0.2, 0.25) is 17.7 Å². The highest BCUT2D eigenvalue weighted by atomic mass is 32.2. The average Bonchev–Trinajstić information content (AvgIpc) is 3.20. The monoisotopic (exact) mass is 509 g/mol. The van der Waals surface area contributed by atoms with Gasteiger partial charge in [0.05, 0.1) is 16.6 Å². The summed E-state index contributed by atoms with van der Waals surface area (Å²) in [5.41, 5.74) is 1.05.